The Kier molecular flexibility index (Phi) is 2.93. The maximum Gasteiger partial charge on any atom is 0.332 e. The Balaban J connectivity index is 2.60. The molecule has 4 nitrogen and oxygen atoms in total. The molecule has 12 heavy (non-hydrogen) atoms. The van der Waals surface area contributed by atoms with Crippen LogP contribution < -0.4 is 0 Å². The maximum atomic E-state index is 10.4. The van der Waals surface area contributed by atoms with Crippen LogP contribution in [0.25, 0.3) is 0 Å². The second kappa shape index (κ2) is 3.96. The van der Waals surface area contributed by atoms with Crippen LogP contribution in [0.3, 0.4) is 0 Å². The number of rotatable bonds is 4. The third kappa shape index (κ3) is 2.13. The van der Waals surface area contributed by atoms with Gasteiger partial charge in [0, 0.05) is 6.42 Å². The van der Waals surface area contributed by atoms with Gasteiger partial charge in [-0.05, 0) is 22.4 Å². The van der Waals surface area contributed by atoms with Crippen molar-refractivity contribution in [3.63, 3.8) is 0 Å². The minimum absolute atomic E-state index is 0.183. The predicted molar refractivity (Wildman–Crippen MR) is 45.2 cm³/mol. The van der Waals surface area contributed by atoms with Gasteiger partial charge in [0.2, 0.25) is 0 Å². The number of thiophene rings is 1. The number of carboxylic acid groups (broad SMARTS) is 1. The van der Waals surface area contributed by atoms with Gasteiger partial charge < -0.3 is 5.11 Å². The lowest BCUT2D eigenvalue weighted by Crippen LogP contribution is -2.19. The molecule has 0 aliphatic carbocycles. The molecule has 0 aromatic carbocycles. The Bertz CT molecular complexity index is 270. The van der Waals surface area contributed by atoms with Crippen LogP contribution in [0.15, 0.2) is 22.0 Å². The molecule has 0 spiro atoms. The minimum Gasteiger partial charge on any atom is -0.480 e. The van der Waals surface area contributed by atoms with Gasteiger partial charge >= 0.3 is 5.97 Å². The van der Waals surface area contributed by atoms with Crippen LogP contribution in [0.5, 0.6) is 0 Å². The van der Waals surface area contributed by atoms with Crippen LogP contribution in [-0.4, -0.2) is 17.1 Å². The van der Waals surface area contributed by atoms with Crippen LogP contribution in [0.4, 0.5) is 0 Å². The third-order valence-corrected chi connectivity index (χ3v) is 2.15. The molecule has 0 aliphatic rings. The van der Waals surface area contributed by atoms with E-state index in [-0.39, 0.29) is 6.42 Å². The summed E-state index contributed by atoms with van der Waals surface area (Å²) >= 11 is 1.47. The van der Waals surface area contributed by atoms with E-state index in [2.05, 4.69) is 5.18 Å². The van der Waals surface area contributed by atoms with Gasteiger partial charge in [-0.25, -0.2) is 4.79 Å². The van der Waals surface area contributed by atoms with E-state index in [0.717, 1.165) is 5.56 Å². The molecule has 0 aliphatic heterocycles. The van der Waals surface area contributed by atoms with Crippen molar-refractivity contribution in [2.45, 2.75) is 12.5 Å². The largest absolute Gasteiger partial charge is 0.480 e. The Morgan fingerprint density at radius 1 is 1.75 bits per heavy atom. The molecule has 0 fully saturated rings. The number of hydrogen-bond acceptors (Lipinski definition) is 4. The first-order valence-corrected chi connectivity index (χ1v) is 4.24. The quantitative estimate of drug-likeness (QED) is 0.723. The summed E-state index contributed by atoms with van der Waals surface area (Å²) in [6, 6.07) is 0.630. The van der Waals surface area contributed by atoms with Crippen molar-refractivity contribution >= 4 is 17.3 Å². The van der Waals surface area contributed by atoms with Crippen LogP contribution in [0.2, 0.25) is 0 Å². The zero-order valence-corrected chi connectivity index (χ0v) is 6.95. The summed E-state index contributed by atoms with van der Waals surface area (Å²) in [5, 5.41) is 14.6. The summed E-state index contributed by atoms with van der Waals surface area (Å²) in [7, 11) is 0. The van der Waals surface area contributed by atoms with E-state index >= 15 is 0 Å². The molecule has 0 radical (unpaired) electrons. The van der Waals surface area contributed by atoms with E-state index in [1.165, 1.54) is 11.3 Å². The molecule has 1 aromatic rings. The molecule has 1 atom stereocenters. The number of aliphatic carboxylic acids is 1. The van der Waals surface area contributed by atoms with Crippen LogP contribution >= 0.6 is 11.3 Å². The summed E-state index contributed by atoms with van der Waals surface area (Å²) in [4.78, 5) is 20.4. The van der Waals surface area contributed by atoms with Crippen molar-refractivity contribution in [3.8, 4) is 0 Å². The van der Waals surface area contributed by atoms with Crippen molar-refractivity contribution in [3.05, 3.63) is 27.3 Å². The van der Waals surface area contributed by atoms with E-state index in [4.69, 9.17) is 5.11 Å². The van der Waals surface area contributed by atoms with Crippen molar-refractivity contribution in [1.29, 1.82) is 0 Å². The van der Waals surface area contributed by atoms with Crippen LogP contribution in [0, 0.1) is 4.91 Å². The maximum absolute atomic E-state index is 10.4. The third-order valence-electron chi connectivity index (χ3n) is 1.42. The normalized spacial score (nSPS) is 12.3. The van der Waals surface area contributed by atoms with E-state index in [1.807, 2.05) is 5.38 Å². The highest BCUT2D eigenvalue weighted by Crippen LogP contribution is 2.10. The molecule has 0 saturated carbocycles. The second-order valence-corrected chi connectivity index (χ2v) is 3.08. The SMILES string of the molecule is O=N[C@@H](Cc1ccsc1)C(=O)O. The van der Waals surface area contributed by atoms with Gasteiger partial charge in [-0.1, -0.05) is 5.18 Å². The van der Waals surface area contributed by atoms with Gasteiger partial charge in [-0.15, -0.1) is 4.91 Å². The average molecular weight is 185 g/mol. The van der Waals surface area contributed by atoms with Crippen molar-refractivity contribution in [1.82, 2.24) is 0 Å². The molecular formula is C7H7NO3S. The molecule has 1 heterocycles. The van der Waals surface area contributed by atoms with E-state index in [1.54, 1.807) is 11.4 Å². The highest BCUT2D eigenvalue weighted by atomic mass is 32.1. The molecule has 0 bridgehead atoms. The average Bonchev–Trinajstić information content (AvgIpc) is 2.51. The van der Waals surface area contributed by atoms with Crippen molar-refractivity contribution in [2.24, 2.45) is 5.18 Å². The number of nitroso groups, excluding NO2 is 1. The van der Waals surface area contributed by atoms with Crippen LogP contribution in [-0.2, 0) is 11.2 Å². The summed E-state index contributed by atoms with van der Waals surface area (Å²) in [6.45, 7) is 0. The fourth-order valence-electron chi connectivity index (χ4n) is 0.802. The zero-order valence-electron chi connectivity index (χ0n) is 6.14. The zero-order chi connectivity index (χ0) is 8.97. The van der Waals surface area contributed by atoms with Crippen molar-refractivity contribution < 1.29 is 9.90 Å². The molecule has 1 aromatic heterocycles. The highest BCUT2D eigenvalue weighted by Gasteiger charge is 2.18. The monoisotopic (exact) mass is 185 g/mol. The summed E-state index contributed by atoms with van der Waals surface area (Å²) < 4.78 is 0. The van der Waals surface area contributed by atoms with Gasteiger partial charge in [-0.3, -0.25) is 0 Å². The Morgan fingerprint density at radius 3 is 2.92 bits per heavy atom. The predicted octanol–water partition coefficient (Wildman–Crippen LogP) is 1.51. The van der Waals surface area contributed by atoms with Crippen molar-refractivity contribution in [2.75, 3.05) is 0 Å². The molecule has 64 valence electrons. The lowest BCUT2D eigenvalue weighted by Gasteiger charge is -1.99. The number of carboxylic acids is 1. The molecule has 0 unspecified atom stereocenters. The topological polar surface area (TPSA) is 66.7 Å². The molecule has 0 saturated heterocycles. The second-order valence-electron chi connectivity index (χ2n) is 2.30. The Morgan fingerprint density at radius 2 is 2.50 bits per heavy atom. The number of hydrogen-bond donors (Lipinski definition) is 1. The fourth-order valence-corrected chi connectivity index (χ4v) is 1.48. The van der Waals surface area contributed by atoms with Gasteiger partial charge in [0.05, 0.1) is 0 Å². The lowest BCUT2D eigenvalue weighted by atomic mass is 10.1. The smallest absolute Gasteiger partial charge is 0.332 e. The standard InChI is InChI=1S/C7H7NO3S/c9-7(10)6(8-11)3-5-1-2-12-4-5/h1-2,4,6H,3H2,(H,9,10)/t6-/m0/s1. The Hall–Kier alpha value is -1.23. The number of carbonyl (C=O) groups is 1. The highest BCUT2D eigenvalue weighted by molar-refractivity contribution is 7.07. The molecule has 1 rings (SSSR count). The summed E-state index contributed by atoms with van der Waals surface area (Å²) in [6.07, 6.45) is 0.183. The fraction of sp³-hybridized carbons (Fsp3) is 0.286. The van der Waals surface area contributed by atoms with E-state index in [0.29, 0.717) is 0 Å². The van der Waals surface area contributed by atoms with Gasteiger partial charge in [0.25, 0.3) is 0 Å². The summed E-state index contributed by atoms with van der Waals surface area (Å²) in [5.74, 6) is -1.17. The minimum atomic E-state index is -1.17. The van der Waals surface area contributed by atoms with E-state index < -0.39 is 12.0 Å². The molecular weight excluding hydrogens is 178 g/mol. The van der Waals surface area contributed by atoms with Gasteiger partial charge in [0.15, 0.2) is 6.04 Å². The molecule has 0 amide bonds. The first kappa shape index (κ1) is 8.86. The van der Waals surface area contributed by atoms with Gasteiger partial charge in [-0.2, -0.15) is 11.3 Å². The number of nitrogens with zero attached hydrogens (tertiary/aromatic N) is 1. The molecule has 1 N–H and O–H groups in total. The first-order valence-electron chi connectivity index (χ1n) is 3.30. The summed E-state index contributed by atoms with van der Waals surface area (Å²) in [5.41, 5.74) is 0.840. The lowest BCUT2D eigenvalue weighted by molar-refractivity contribution is -0.138. The first-order chi connectivity index (χ1) is 5.74. The van der Waals surface area contributed by atoms with E-state index in [9.17, 15) is 9.70 Å². The van der Waals surface area contributed by atoms with Crippen LogP contribution in [0.1, 0.15) is 5.56 Å². The van der Waals surface area contributed by atoms with Gasteiger partial charge in [0.1, 0.15) is 0 Å². The Labute approximate surface area is 72.8 Å². The molecule has 5 heteroatoms.